The molecule has 1 aromatic heterocycles. The highest BCUT2D eigenvalue weighted by atomic mass is 35.5. The Morgan fingerprint density at radius 1 is 1.80 bits per heavy atom. The quantitative estimate of drug-likeness (QED) is 0.643. The smallest absolute Gasteiger partial charge is 0.150 e. The molecule has 1 heterocycles. The van der Waals surface area contributed by atoms with Crippen molar-refractivity contribution in [1.82, 2.24) is 0 Å². The highest BCUT2D eigenvalue weighted by Gasteiger charge is 2.08. The van der Waals surface area contributed by atoms with Crippen LogP contribution in [0.15, 0.2) is 11.4 Å². The molecule has 3 heteroatoms. The molecule has 1 aromatic rings. The van der Waals surface area contributed by atoms with E-state index in [4.69, 9.17) is 23.1 Å². The predicted octanol–water partition coefficient (Wildman–Crippen LogP) is 2.07. The average Bonchev–Trinajstić information content (AvgIpc) is 2.34. The summed E-state index contributed by atoms with van der Waals surface area (Å²) in [4.78, 5) is 0.643. The van der Waals surface area contributed by atoms with Gasteiger partial charge in [0.25, 0.3) is 0 Å². The molecule has 0 spiro atoms. The van der Waals surface area contributed by atoms with Crippen LogP contribution < -0.4 is 0 Å². The van der Waals surface area contributed by atoms with E-state index in [1.165, 1.54) is 11.3 Å². The Morgan fingerprint density at radius 3 is 2.90 bits per heavy atom. The maximum absolute atomic E-state index is 9.09. The van der Waals surface area contributed by atoms with Crippen LogP contribution in [-0.2, 0) is 0 Å². The lowest BCUT2D eigenvalue weighted by Crippen LogP contribution is -1.88. The second-order valence-electron chi connectivity index (χ2n) is 1.70. The van der Waals surface area contributed by atoms with Crippen molar-refractivity contribution in [3.05, 3.63) is 21.3 Å². The fourth-order valence-electron chi connectivity index (χ4n) is 0.576. The van der Waals surface area contributed by atoms with Gasteiger partial charge < -0.3 is 5.11 Å². The summed E-state index contributed by atoms with van der Waals surface area (Å²) in [6, 6.07) is 1.71. The average molecular weight is 173 g/mol. The van der Waals surface area contributed by atoms with Gasteiger partial charge in [-0.05, 0) is 11.4 Å². The number of aliphatic hydroxyl groups is 1. The Morgan fingerprint density at radius 2 is 2.50 bits per heavy atom. The third kappa shape index (κ3) is 1.32. The molecule has 1 nitrogen and oxygen atoms in total. The van der Waals surface area contributed by atoms with Gasteiger partial charge in [-0.3, -0.25) is 0 Å². The number of rotatable bonds is 1. The lowest BCUT2D eigenvalue weighted by molar-refractivity contribution is 0.242. The van der Waals surface area contributed by atoms with Gasteiger partial charge >= 0.3 is 0 Å². The number of aliphatic hydroxyl groups excluding tert-OH is 1. The number of halogens is 1. The largest absolute Gasteiger partial charge is 0.375 e. The fourth-order valence-corrected chi connectivity index (χ4v) is 1.68. The molecule has 0 saturated carbocycles. The Labute approximate surface area is 68.3 Å². The van der Waals surface area contributed by atoms with E-state index in [1.807, 2.05) is 0 Å². The maximum atomic E-state index is 9.09. The van der Waals surface area contributed by atoms with E-state index >= 15 is 0 Å². The van der Waals surface area contributed by atoms with Gasteiger partial charge in [-0.2, -0.15) is 0 Å². The van der Waals surface area contributed by atoms with E-state index < -0.39 is 6.10 Å². The van der Waals surface area contributed by atoms with Gasteiger partial charge in [0.2, 0.25) is 0 Å². The van der Waals surface area contributed by atoms with Crippen LogP contribution in [0.25, 0.3) is 0 Å². The summed E-state index contributed by atoms with van der Waals surface area (Å²) < 4.78 is 0. The van der Waals surface area contributed by atoms with Gasteiger partial charge in [-0.1, -0.05) is 17.5 Å². The van der Waals surface area contributed by atoms with Crippen LogP contribution in [0.4, 0.5) is 0 Å². The summed E-state index contributed by atoms with van der Waals surface area (Å²) >= 11 is 7.03. The summed E-state index contributed by atoms with van der Waals surface area (Å²) in [6.45, 7) is 0. The van der Waals surface area contributed by atoms with Crippen molar-refractivity contribution in [3.63, 3.8) is 0 Å². The molecule has 0 aliphatic heterocycles. The standard InChI is InChI=1S/C7H5ClOS/c1-2-6(9)7-5(8)3-4-10-7/h1,3-4,6,9H. The van der Waals surface area contributed by atoms with Crippen LogP contribution in [0, 0.1) is 12.3 Å². The van der Waals surface area contributed by atoms with Crippen molar-refractivity contribution >= 4 is 22.9 Å². The molecule has 1 N–H and O–H groups in total. The summed E-state index contributed by atoms with van der Waals surface area (Å²) in [5.74, 6) is 2.19. The molecule has 1 rings (SSSR count). The third-order valence-corrected chi connectivity index (χ3v) is 2.46. The minimum absolute atomic E-state index is 0.537. The summed E-state index contributed by atoms with van der Waals surface area (Å²) in [7, 11) is 0. The van der Waals surface area contributed by atoms with E-state index in [0.29, 0.717) is 9.90 Å². The molecule has 0 bridgehead atoms. The molecule has 0 aliphatic rings. The summed E-state index contributed by atoms with van der Waals surface area (Å²) in [5, 5.41) is 11.4. The molecule has 0 radical (unpaired) electrons. The van der Waals surface area contributed by atoms with E-state index in [9.17, 15) is 0 Å². The molecule has 0 aromatic carbocycles. The zero-order valence-corrected chi connectivity index (χ0v) is 6.62. The normalized spacial score (nSPS) is 12.5. The van der Waals surface area contributed by atoms with Crippen molar-refractivity contribution in [3.8, 4) is 12.3 Å². The Balaban J connectivity index is 2.96. The molecule has 52 valence electrons. The van der Waals surface area contributed by atoms with Crippen LogP contribution in [-0.4, -0.2) is 5.11 Å². The lowest BCUT2D eigenvalue weighted by atomic mass is 10.3. The zero-order chi connectivity index (χ0) is 7.56. The van der Waals surface area contributed by atoms with E-state index in [-0.39, 0.29) is 0 Å². The monoisotopic (exact) mass is 172 g/mol. The molecule has 10 heavy (non-hydrogen) atoms. The first kappa shape index (κ1) is 7.62. The SMILES string of the molecule is C#CC(O)c1sccc1Cl. The van der Waals surface area contributed by atoms with E-state index in [0.717, 1.165) is 0 Å². The van der Waals surface area contributed by atoms with Crippen LogP contribution in [0.1, 0.15) is 11.0 Å². The van der Waals surface area contributed by atoms with E-state index in [1.54, 1.807) is 11.4 Å². The Kier molecular flexibility index (Phi) is 2.34. The maximum Gasteiger partial charge on any atom is 0.150 e. The molecule has 0 saturated heterocycles. The first-order valence-electron chi connectivity index (χ1n) is 2.63. The minimum atomic E-state index is -0.854. The minimum Gasteiger partial charge on any atom is -0.375 e. The number of terminal acetylenes is 1. The summed E-state index contributed by atoms with van der Waals surface area (Å²) in [5.41, 5.74) is 0. The summed E-state index contributed by atoms with van der Waals surface area (Å²) in [6.07, 6.45) is 4.13. The van der Waals surface area contributed by atoms with Gasteiger partial charge in [0, 0.05) is 0 Å². The molecular weight excluding hydrogens is 168 g/mol. The Hall–Kier alpha value is -0.490. The second kappa shape index (κ2) is 3.07. The van der Waals surface area contributed by atoms with Gasteiger partial charge in [-0.25, -0.2) is 0 Å². The zero-order valence-electron chi connectivity index (χ0n) is 5.04. The molecule has 0 amide bonds. The van der Waals surface area contributed by atoms with E-state index in [2.05, 4.69) is 5.92 Å². The van der Waals surface area contributed by atoms with Gasteiger partial charge in [-0.15, -0.1) is 17.8 Å². The Bertz CT molecular complexity index is 261. The van der Waals surface area contributed by atoms with Crippen molar-refractivity contribution in [2.45, 2.75) is 6.10 Å². The van der Waals surface area contributed by atoms with Crippen molar-refractivity contribution in [2.24, 2.45) is 0 Å². The number of hydrogen-bond donors (Lipinski definition) is 1. The molecule has 1 unspecified atom stereocenters. The second-order valence-corrected chi connectivity index (χ2v) is 3.06. The topological polar surface area (TPSA) is 20.2 Å². The van der Waals surface area contributed by atoms with Crippen molar-refractivity contribution in [2.75, 3.05) is 0 Å². The van der Waals surface area contributed by atoms with Crippen LogP contribution in [0.3, 0.4) is 0 Å². The lowest BCUT2D eigenvalue weighted by Gasteiger charge is -1.97. The molecular formula is C7H5ClOS. The number of hydrogen-bond acceptors (Lipinski definition) is 2. The highest BCUT2D eigenvalue weighted by Crippen LogP contribution is 2.27. The fraction of sp³-hybridized carbons (Fsp3) is 0.143. The van der Waals surface area contributed by atoms with Gasteiger partial charge in [0.05, 0.1) is 9.90 Å². The molecule has 1 atom stereocenters. The van der Waals surface area contributed by atoms with Crippen molar-refractivity contribution < 1.29 is 5.11 Å². The van der Waals surface area contributed by atoms with Gasteiger partial charge in [0.15, 0.2) is 6.10 Å². The van der Waals surface area contributed by atoms with Crippen LogP contribution in [0.5, 0.6) is 0 Å². The first-order valence-corrected chi connectivity index (χ1v) is 3.88. The third-order valence-electron chi connectivity index (χ3n) is 1.05. The van der Waals surface area contributed by atoms with Crippen LogP contribution >= 0.6 is 22.9 Å². The predicted molar refractivity (Wildman–Crippen MR) is 43.1 cm³/mol. The van der Waals surface area contributed by atoms with Crippen molar-refractivity contribution in [1.29, 1.82) is 0 Å². The van der Waals surface area contributed by atoms with Gasteiger partial charge in [0.1, 0.15) is 0 Å². The first-order chi connectivity index (χ1) is 4.75. The molecule has 0 fully saturated rings. The van der Waals surface area contributed by atoms with Crippen LogP contribution in [0.2, 0.25) is 5.02 Å². The highest BCUT2D eigenvalue weighted by molar-refractivity contribution is 7.10. The number of thiophene rings is 1. The molecule has 0 aliphatic carbocycles.